The van der Waals surface area contributed by atoms with Crippen molar-refractivity contribution < 1.29 is 9.18 Å². The van der Waals surface area contributed by atoms with Gasteiger partial charge in [-0.2, -0.15) is 0 Å². The molecule has 3 heterocycles. The fraction of sp³-hybridized carbons (Fsp3) is 0.467. The van der Waals surface area contributed by atoms with E-state index in [4.69, 9.17) is 22.0 Å². The molecule has 9 nitrogen and oxygen atoms in total. The Kier molecular flexibility index (Phi) is 10.0. The molecule has 2 aliphatic heterocycles. The quantitative estimate of drug-likeness (QED) is 0.262. The average molecular weight is 613 g/mol. The second kappa shape index (κ2) is 13.9. The smallest absolute Gasteiger partial charge is 0.210 e. The summed E-state index contributed by atoms with van der Waals surface area (Å²) in [5, 5.41) is 18.4. The molecule has 2 fully saturated rings. The lowest BCUT2D eigenvalue weighted by Crippen LogP contribution is -2.57. The number of amidine groups is 1. The Balaban J connectivity index is 1.49. The number of thiazole rings is 1. The molecule has 42 heavy (non-hydrogen) atoms. The zero-order chi connectivity index (χ0) is 29.6. The van der Waals surface area contributed by atoms with Gasteiger partial charge in [0.25, 0.3) is 0 Å². The number of hydrogen-bond acceptors (Lipinski definition) is 9. The van der Waals surface area contributed by atoms with Crippen molar-refractivity contribution in [3.63, 3.8) is 0 Å². The third-order valence-corrected chi connectivity index (χ3v) is 9.41. The summed E-state index contributed by atoms with van der Waals surface area (Å²) in [4.78, 5) is 28.1. The molecule has 1 unspecified atom stereocenters. The number of nitrogens with zero attached hydrogens (tertiary/aromatic N) is 5. The van der Waals surface area contributed by atoms with Gasteiger partial charge < -0.3 is 25.8 Å². The first-order chi connectivity index (χ1) is 20.4. The van der Waals surface area contributed by atoms with Crippen LogP contribution in [0.25, 0.3) is 0 Å². The predicted octanol–water partition coefficient (Wildman–Crippen LogP) is 4.05. The van der Waals surface area contributed by atoms with Crippen LogP contribution in [-0.4, -0.2) is 96.5 Å². The highest BCUT2D eigenvalue weighted by molar-refractivity contribution is 7.11. The molecule has 2 atom stereocenters. The number of halogens is 2. The zero-order valence-corrected chi connectivity index (χ0v) is 25.6. The second-order valence-corrected chi connectivity index (χ2v) is 12.3. The fourth-order valence-corrected chi connectivity index (χ4v) is 6.98. The van der Waals surface area contributed by atoms with Gasteiger partial charge in [-0.15, -0.1) is 11.3 Å². The average Bonchev–Trinajstić information content (AvgIpc) is 3.71. The van der Waals surface area contributed by atoms with Crippen molar-refractivity contribution in [1.29, 1.82) is 5.41 Å². The SMILES string of the molecule is CN/C=C\C(=N)C1=C(CN2CCN(C=O)C(CN(C)C3CCCC3)C2)NC(c2nccs2)=N[C@H]1c1ccc(F)cc1Cl. The highest BCUT2D eigenvalue weighted by Crippen LogP contribution is 2.37. The van der Waals surface area contributed by atoms with Crippen molar-refractivity contribution in [2.45, 2.75) is 43.8 Å². The maximum Gasteiger partial charge on any atom is 0.210 e. The molecule has 2 aromatic rings. The minimum atomic E-state index is -0.636. The van der Waals surface area contributed by atoms with Crippen LogP contribution in [0.5, 0.6) is 0 Å². The van der Waals surface area contributed by atoms with Crippen LogP contribution in [0.2, 0.25) is 5.02 Å². The van der Waals surface area contributed by atoms with Gasteiger partial charge in [-0.3, -0.25) is 14.7 Å². The number of carbonyl (C=O) groups excluding carboxylic acids is 1. The molecule has 224 valence electrons. The summed E-state index contributed by atoms with van der Waals surface area (Å²) in [5.74, 6) is 0.156. The van der Waals surface area contributed by atoms with E-state index in [1.807, 2.05) is 10.3 Å². The van der Waals surface area contributed by atoms with E-state index in [1.54, 1.807) is 31.6 Å². The molecule has 1 aliphatic carbocycles. The van der Waals surface area contributed by atoms with Crippen LogP contribution in [-0.2, 0) is 4.79 Å². The number of likely N-dealkylation sites (N-methyl/N-ethyl adjacent to an activating group) is 1. The van der Waals surface area contributed by atoms with E-state index in [9.17, 15) is 9.18 Å². The first-order valence-electron chi connectivity index (χ1n) is 14.4. The monoisotopic (exact) mass is 612 g/mol. The normalized spacial score (nSPS) is 22.1. The largest absolute Gasteiger partial charge is 0.394 e. The van der Waals surface area contributed by atoms with Crippen LogP contribution in [0.15, 0.2) is 58.3 Å². The van der Waals surface area contributed by atoms with Gasteiger partial charge in [-0.25, -0.2) is 9.37 Å². The van der Waals surface area contributed by atoms with Crippen molar-refractivity contribution in [3.8, 4) is 0 Å². The number of aromatic nitrogens is 1. The van der Waals surface area contributed by atoms with Gasteiger partial charge >= 0.3 is 0 Å². The molecule has 3 aliphatic rings. The van der Waals surface area contributed by atoms with Gasteiger partial charge in [-0.1, -0.05) is 30.5 Å². The van der Waals surface area contributed by atoms with E-state index in [0.29, 0.717) is 54.2 Å². The van der Waals surface area contributed by atoms with E-state index < -0.39 is 11.9 Å². The van der Waals surface area contributed by atoms with Crippen molar-refractivity contribution in [2.24, 2.45) is 4.99 Å². The molecule has 1 aromatic heterocycles. The fourth-order valence-electron chi connectivity index (χ4n) is 6.12. The lowest BCUT2D eigenvalue weighted by molar-refractivity contribution is -0.123. The van der Waals surface area contributed by atoms with Gasteiger partial charge in [0.1, 0.15) is 11.9 Å². The van der Waals surface area contributed by atoms with E-state index in [-0.39, 0.29) is 16.8 Å². The summed E-state index contributed by atoms with van der Waals surface area (Å²) in [6.45, 7) is 3.37. The topological polar surface area (TPSA) is 100.0 Å². The number of piperazine rings is 1. The molecular formula is C30H38ClFN8OS. The van der Waals surface area contributed by atoms with Gasteiger partial charge in [-0.05, 0) is 44.3 Å². The van der Waals surface area contributed by atoms with E-state index >= 15 is 0 Å². The molecule has 0 bridgehead atoms. The van der Waals surface area contributed by atoms with Crippen molar-refractivity contribution >= 4 is 40.9 Å². The van der Waals surface area contributed by atoms with E-state index in [1.165, 1.54) is 49.2 Å². The highest BCUT2D eigenvalue weighted by Gasteiger charge is 2.34. The minimum Gasteiger partial charge on any atom is -0.394 e. The Labute approximate surface area is 255 Å². The number of amides is 1. The molecule has 1 saturated heterocycles. The molecule has 5 rings (SSSR count). The van der Waals surface area contributed by atoms with Crippen molar-refractivity contribution in [1.82, 2.24) is 30.3 Å². The minimum absolute atomic E-state index is 0.0626. The second-order valence-electron chi connectivity index (χ2n) is 11.0. The summed E-state index contributed by atoms with van der Waals surface area (Å²) >= 11 is 8.05. The molecular weight excluding hydrogens is 575 g/mol. The van der Waals surface area contributed by atoms with Crippen LogP contribution in [0.1, 0.15) is 42.3 Å². The Morgan fingerprint density at radius 1 is 1.33 bits per heavy atom. The van der Waals surface area contributed by atoms with Gasteiger partial charge in [0.2, 0.25) is 6.41 Å². The third kappa shape index (κ3) is 6.91. The number of carbonyl (C=O) groups is 1. The first kappa shape index (κ1) is 30.3. The van der Waals surface area contributed by atoms with E-state index in [0.717, 1.165) is 18.7 Å². The molecule has 3 N–H and O–H groups in total. The molecule has 0 radical (unpaired) electrons. The standard InChI is InChI=1S/C30H38ClFN8OS/c1-34-10-9-25(33)27-26(18-39-12-13-40(19-41)22(17-39)16-38(2)21-5-3-4-6-21)36-29(30-35-11-14-42-30)37-28(27)23-8-7-20(32)15-24(23)31/h7-11,14-15,19,21-22,28,33-34H,3-6,12-13,16-18H2,1-2H3,(H,36,37)/b10-9-,33-25?/t22?,28-/m0/s1. The van der Waals surface area contributed by atoms with Gasteiger partial charge in [0, 0.05) is 79.2 Å². The number of allylic oxidation sites excluding steroid dienone is 1. The van der Waals surface area contributed by atoms with Crippen LogP contribution >= 0.6 is 22.9 Å². The van der Waals surface area contributed by atoms with Crippen molar-refractivity contribution in [3.05, 3.63) is 74.7 Å². The summed E-state index contributed by atoms with van der Waals surface area (Å²) in [5.41, 5.74) is 2.36. The maximum absolute atomic E-state index is 14.1. The van der Waals surface area contributed by atoms with Crippen molar-refractivity contribution in [2.75, 3.05) is 46.8 Å². The maximum atomic E-state index is 14.1. The van der Waals surface area contributed by atoms with Crippen LogP contribution in [0, 0.1) is 11.2 Å². The van der Waals surface area contributed by atoms with Gasteiger partial charge in [0.05, 0.1) is 11.8 Å². The molecule has 12 heteroatoms. The number of hydrogen-bond donors (Lipinski definition) is 3. The molecule has 1 amide bonds. The summed E-state index contributed by atoms with van der Waals surface area (Å²) < 4.78 is 14.1. The first-order valence-corrected chi connectivity index (χ1v) is 15.6. The molecule has 1 saturated carbocycles. The Morgan fingerprint density at radius 2 is 2.14 bits per heavy atom. The predicted molar refractivity (Wildman–Crippen MR) is 167 cm³/mol. The van der Waals surface area contributed by atoms with E-state index in [2.05, 4.69) is 32.5 Å². The number of rotatable bonds is 11. The molecule has 1 aromatic carbocycles. The van der Waals surface area contributed by atoms with Gasteiger partial charge in [0.15, 0.2) is 10.8 Å². The Morgan fingerprint density at radius 3 is 2.83 bits per heavy atom. The summed E-state index contributed by atoms with van der Waals surface area (Å²) in [7, 11) is 3.95. The third-order valence-electron chi connectivity index (χ3n) is 8.30. The number of nitrogens with one attached hydrogen (secondary N) is 3. The Bertz CT molecular complexity index is 1360. The Hall–Kier alpha value is -3.12. The van der Waals surface area contributed by atoms with Crippen LogP contribution in [0.3, 0.4) is 0 Å². The summed E-state index contributed by atoms with van der Waals surface area (Å²) in [6, 6.07) is 4.29. The lowest BCUT2D eigenvalue weighted by atomic mass is 9.91. The van der Waals surface area contributed by atoms with Crippen LogP contribution in [0.4, 0.5) is 4.39 Å². The molecule has 0 spiro atoms. The lowest BCUT2D eigenvalue weighted by Gasteiger charge is -2.42. The highest BCUT2D eigenvalue weighted by atomic mass is 35.5. The number of benzene rings is 1. The zero-order valence-electron chi connectivity index (χ0n) is 24.0. The summed E-state index contributed by atoms with van der Waals surface area (Å²) in [6.07, 6.45) is 11.1. The van der Waals surface area contributed by atoms with Crippen LogP contribution < -0.4 is 10.6 Å². The number of aliphatic imine (C=N–C) groups is 1.